The van der Waals surface area contributed by atoms with Crippen LogP contribution in [0.25, 0.3) is 21.5 Å². The third-order valence-electron chi connectivity index (χ3n) is 4.93. The van der Waals surface area contributed by atoms with Crippen LogP contribution in [0.2, 0.25) is 5.02 Å². The van der Waals surface area contributed by atoms with Crippen LogP contribution in [0.1, 0.15) is 5.56 Å². The molecule has 0 atom stereocenters. The van der Waals surface area contributed by atoms with Gasteiger partial charge >= 0.3 is 18.5 Å². The van der Waals surface area contributed by atoms with Crippen LogP contribution >= 0.6 is 11.6 Å². The van der Waals surface area contributed by atoms with Gasteiger partial charge in [-0.3, -0.25) is 10.1 Å². The van der Waals surface area contributed by atoms with E-state index in [1.54, 1.807) is 0 Å². The van der Waals surface area contributed by atoms with Crippen molar-refractivity contribution >= 4 is 38.8 Å². The summed E-state index contributed by atoms with van der Waals surface area (Å²) in [6.45, 7) is 0. The van der Waals surface area contributed by atoms with Crippen molar-refractivity contribution < 1.29 is 49.5 Å². The number of phenols is 1. The fourth-order valence-electron chi connectivity index (χ4n) is 3.54. The number of nitro benzene ring substituents is 1. The Balaban J connectivity index is 2.67. The van der Waals surface area contributed by atoms with E-state index in [9.17, 15) is 54.7 Å². The van der Waals surface area contributed by atoms with Crippen LogP contribution < -0.4 is 0 Å². The van der Waals surface area contributed by atoms with Gasteiger partial charge in [0, 0.05) is 21.9 Å². The first-order valence-corrected chi connectivity index (χ1v) is 8.56. The van der Waals surface area contributed by atoms with Crippen molar-refractivity contribution in [2.45, 2.75) is 23.9 Å². The van der Waals surface area contributed by atoms with Gasteiger partial charge in [0.1, 0.15) is 5.75 Å². The van der Waals surface area contributed by atoms with Crippen molar-refractivity contribution in [2.24, 2.45) is 0 Å². The van der Waals surface area contributed by atoms with E-state index >= 15 is 0 Å². The summed E-state index contributed by atoms with van der Waals surface area (Å²) in [4.78, 5) is 10.2. The molecule has 3 aromatic carbocycles. The summed E-state index contributed by atoms with van der Waals surface area (Å²) in [6.07, 6.45) is -20.7. The van der Waals surface area contributed by atoms with E-state index in [1.807, 2.05) is 0 Å². The van der Waals surface area contributed by atoms with Gasteiger partial charge in [0.2, 0.25) is 0 Å². The zero-order valence-electron chi connectivity index (χ0n) is 15.0. The molecule has 3 aromatic rings. The summed E-state index contributed by atoms with van der Waals surface area (Å²) < 4.78 is 123. The molecule has 0 unspecified atom stereocenters. The number of phenolic OH excluding ortho intramolecular Hbond substituents is 1. The summed E-state index contributed by atoms with van der Waals surface area (Å²) in [5.41, 5.74) is -9.46. The first-order valence-electron chi connectivity index (χ1n) is 8.18. The average molecular weight is 492 g/mol. The highest BCUT2D eigenvalue weighted by atomic mass is 35.5. The predicted molar refractivity (Wildman–Crippen MR) is 94.6 cm³/mol. The molecule has 14 heteroatoms. The van der Waals surface area contributed by atoms with E-state index in [4.69, 9.17) is 11.6 Å². The number of fused-ring (bicyclic) bond motifs is 2. The van der Waals surface area contributed by atoms with Crippen molar-refractivity contribution in [1.29, 1.82) is 0 Å². The Morgan fingerprint density at radius 1 is 0.750 bits per heavy atom. The minimum atomic E-state index is -6.90. The number of benzene rings is 3. The molecule has 3 rings (SSSR count). The topological polar surface area (TPSA) is 63.4 Å². The number of hydrogen-bond acceptors (Lipinski definition) is 3. The third-order valence-corrected chi connectivity index (χ3v) is 5.26. The van der Waals surface area contributed by atoms with Crippen LogP contribution in [0.3, 0.4) is 0 Å². The second kappa shape index (κ2) is 7.02. The van der Waals surface area contributed by atoms with Crippen molar-refractivity contribution in [1.82, 2.24) is 0 Å². The molecule has 1 N–H and O–H groups in total. The molecule has 0 saturated heterocycles. The van der Waals surface area contributed by atoms with Crippen molar-refractivity contribution in [3.05, 3.63) is 57.1 Å². The molecule has 4 nitrogen and oxygen atoms in total. The smallest absolute Gasteiger partial charge is 0.416 e. The van der Waals surface area contributed by atoms with Gasteiger partial charge in [-0.2, -0.15) is 39.5 Å². The summed E-state index contributed by atoms with van der Waals surface area (Å²) in [6, 6.07) is 2.90. The molecule has 0 saturated carbocycles. The Labute approximate surface area is 175 Å². The monoisotopic (exact) mass is 491 g/mol. The normalized spacial score (nSPS) is 13.7. The van der Waals surface area contributed by atoms with Gasteiger partial charge in [0.25, 0.3) is 11.1 Å². The van der Waals surface area contributed by atoms with E-state index < -0.39 is 72.4 Å². The number of hydrogen-bond donors (Lipinski definition) is 1. The van der Waals surface area contributed by atoms with Crippen LogP contribution in [-0.4, -0.2) is 28.6 Å². The van der Waals surface area contributed by atoms with Crippen molar-refractivity contribution in [3.63, 3.8) is 0 Å². The van der Waals surface area contributed by atoms with Gasteiger partial charge in [0.05, 0.1) is 10.3 Å². The first kappa shape index (κ1) is 23.7. The van der Waals surface area contributed by atoms with Gasteiger partial charge < -0.3 is 5.11 Å². The number of halogens is 10. The summed E-state index contributed by atoms with van der Waals surface area (Å²) in [5.74, 6) is -0.664. The zero-order valence-corrected chi connectivity index (χ0v) is 15.7. The molecule has 172 valence electrons. The summed E-state index contributed by atoms with van der Waals surface area (Å²) in [5, 5.41) is 17.6. The van der Waals surface area contributed by atoms with Gasteiger partial charge in [-0.15, -0.1) is 0 Å². The van der Waals surface area contributed by atoms with Gasteiger partial charge in [-0.1, -0.05) is 17.7 Å². The lowest BCUT2D eigenvalue weighted by Crippen LogP contribution is -2.63. The van der Waals surface area contributed by atoms with E-state index in [1.165, 1.54) is 0 Å². The molecule has 0 amide bonds. The maximum atomic E-state index is 13.6. The van der Waals surface area contributed by atoms with E-state index in [2.05, 4.69) is 0 Å². The Hall–Kier alpha value is -2.96. The van der Waals surface area contributed by atoms with Crippen LogP contribution in [0.5, 0.6) is 5.75 Å². The maximum Gasteiger partial charge on any atom is 0.416 e. The molecule has 0 aliphatic carbocycles. The molecule has 0 fully saturated rings. The Kier molecular flexibility index (Phi) is 5.20. The van der Waals surface area contributed by atoms with E-state index in [0.717, 1.165) is 6.07 Å². The molecule has 0 bridgehead atoms. The number of nitrogens with zero attached hydrogens (tertiary/aromatic N) is 1. The predicted octanol–water partition coefficient (Wildman–Crippen LogP) is 7.18. The number of rotatable bonds is 2. The first-order chi connectivity index (χ1) is 14.4. The van der Waals surface area contributed by atoms with Crippen molar-refractivity contribution in [3.8, 4) is 5.75 Å². The fourth-order valence-corrected chi connectivity index (χ4v) is 3.76. The Morgan fingerprint density at radius 2 is 1.25 bits per heavy atom. The molecule has 0 radical (unpaired) electrons. The van der Waals surface area contributed by atoms with Crippen LogP contribution in [0.4, 0.5) is 45.2 Å². The molecule has 32 heavy (non-hydrogen) atoms. The van der Waals surface area contributed by atoms with Crippen molar-refractivity contribution in [2.75, 3.05) is 0 Å². The molecule has 0 aliphatic rings. The molecular weight excluding hydrogens is 485 g/mol. The molecule has 0 heterocycles. The minimum absolute atomic E-state index is 0.0698. The highest BCUT2D eigenvalue weighted by molar-refractivity contribution is 6.36. The lowest BCUT2D eigenvalue weighted by molar-refractivity contribution is -0.387. The van der Waals surface area contributed by atoms with Gasteiger partial charge in [-0.25, -0.2) is 0 Å². The number of non-ortho nitro benzene ring substituents is 1. The second-order valence-corrected chi connectivity index (χ2v) is 7.05. The van der Waals surface area contributed by atoms with Crippen LogP contribution in [-0.2, 0) is 5.41 Å². The number of nitro groups is 1. The molecular formula is C18H7ClF9NO3. The molecule has 0 spiro atoms. The molecule has 0 aromatic heterocycles. The van der Waals surface area contributed by atoms with E-state index in [-0.39, 0.29) is 6.07 Å². The van der Waals surface area contributed by atoms with Gasteiger partial charge in [-0.05, 0) is 35.2 Å². The number of aromatic hydroxyl groups is 1. The standard InChI is InChI=1S/C18H7ClF9NO3/c19-12-2-1-11(15(16(20,21)22,17(23,24)25)18(26,27)28)7-5-9-10(6-8(7)12)14(30)4-3-13(9)29(31)32/h1-6,30H. The molecule has 0 aliphatic heterocycles. The largest absolute Gasteiger partial charge is 0.507 e. The maximum absolute atomic E-state index is 13.6. The van der Waals surface area contributed by atoms with E-state index in [0.29, 0.717) is 24.3 Å². The van der Waals surface area contributed by atoms with Crippen LogP contribution in [0.15, 0.2) is 36.4 Å². The lowest BCUT2D eigenvalue weighted by Gasteiger charge is -2.39. The van der Waals surface area contributed by atoms with Crippen LogP contribution in [0, 0.1) is 10.1 Å². The highest BCUT2D eigenvalue weighted by Crippen LogP contribution is 2.62. The second-order valence-electron chi connectivity index (χ2n) is 6.64. The Morgan fingerprint density at radius 3 is 1.72 bits per heavy atom. The lowest BCUT2D eigenvalue weighted by atomic mass is 9.75. The Bertz CT molecular complexity index is 1210. The highest BCUT2D eigenvalue weighted by Gasteiger charge is 2.84. The zero-order chi connectivity index (χ0) is 24.4. The minimum Gasteiger partial charge on any atom is -0.507 e. The number of alkyl halides is 9. The third kappa shape index (κ3) is 3.17. The average Bonchev–Trinajstić information content (AvgIpc) is 2.59. The van der Waals surface area contributed by atoms with Gasteiger partial charge in [0.15, 0.2) is 0 Å². The fraction of sp³-hybridized carbons (Fsp3) is 0.222. The summed E-state index contributed by atoms with van der Waals surface area (Å²) in [7, 11) is 0. The SMILES string of the molecule is O=[N+]([O-])c1ccc(O)c2cc3c(Cl)ccc(C(C(F)(F)F)(C(F)(F)F)C(F)(F)F)c3cc12. The summed E-state index contributed by atoms with van der Waals surface area (Å²) >= 11 is 5.82. The quantitative estimate of drug-likeness (QED) is 0.179.